The highest BCUT2D eigenvalue weighted by Crippen LogP contribution is 2.35. The summed E-state index contributed by atoms with van der Waals surface area (Å²) in [4.78, 5) is 45.7. The van der Waals surface area contributed by atoms with Crippen LogP contribution in [0.1, 0.15) is 58.9 Å². The fraction of sp³-hybridized carbons (Fsp3) is 0.440. The van der Waals surface area contributed by atoms with E-state index in [9.17, 15) is 27.6 Å². The fourth-order valence-electron chi connectivity index (χ4n) is 4.51. The molecule has 2 aromatic rings. The van der Waals surface area contributed by atoms with Gasteiger partial charge in [0, 0.05) is 25.8 Å². The van der Waals surface area contributed by atoms with E-state index in [0.717, 1.165) is 37.8 Å². The topological polar surface area (TPSA) is 94.6 Å². The molecule has 2 aliphatic heterocycles. The van der Waals surface area contributed by atoms with E-state index in [-0.39, 0.29) is 25.5 Å². The van der Waals surface area contributed by atoms with E-state index in [1.165, 1.54) is 23.2 Å². The number of hydrogen-bond acceptors (Lipinski definition) is 5. The summed E-state index contributed by atoms with van der Waals surface area (Å²) >= 11 is 0. The molecule has 1 aromatic heterocycles. The third-order valence-corrected chi connectivity index (χ3v) is 6.41. The Bertz CT molecular complexity index is 1150. The second-order valence-corrected chi connectivity index (χ2v) is 8.90. The molecular formula is C25H28F3N5O3. The van der Waals surface area contributed by atoms with Crippen molar-refractivity contribution in [1.82, 2.24) is 15.2 Å². The largest absolute Gasteiger partial charge is 0.417 e. The highest BCUT2D eigenvalue weighted by molar-refractivity contribution is 6.05. The van der Waals surface area contributed by atoms with Gasteiger partial charge in [-0.3, -0.25) is 14.4 Å². The van der Waals surface area contributed by atoms with Crippen molar-refractivity contribution >= 4 is 29.2 Å². The summed E-state index contributed by atoms with van der Waals surface area (Å²) in [5.74, 6) is -1.01. The SMILES string of the molecule is CCCCCCNC(=O)c1cnc2c(c1)NC(=O)C1CN(C(=O)c3ccccc3C(F)(F)F)CCN21. The molecule has 1 atom stereocenters. The minimum atomic E-state index is -4.67. The molecule has 3 heterocycles. The number of aromatic nitrogens is 1. The molecule has 1 aromatic carbocycles. The van der Waals surface area contributed by atoms with Crippen molar-refractivity contribution in [3.63, 3.8) is 0 Å². The molecule has 0 bridgehead atoms. The van der Waals surface area contributed by atoms with Gasteiger partial charge >= 0.3 is 6.18 Å². The Morgan fingerprint density at radius 3 is 2.69 bits per heavy atom. The van der Waals surface area contributed by atoms with Crippen molar-refractivity contribution in [2.45, 2.75) is 44.8 Å². The molecule has 8 nitrogen and oxygen atoms in total. The van der Waals surface area contributed by atoms with Crippen molar-refractivity contribution in [3.8, 4) is 0 Å². The predicted octanol–water partition coefficient (Wildman–Crippen LogP) is 3.69. The lowest BCUT2D eigenvalue weighted by Crippen LogP contribution is -2.61. The molecule has 4 rings (SSSR count). The number of alkyl halides is 3. The van der Waals surface area contributed by atoms with Crippen LogP contribution in [0.2, 0.25) is 0 Å². The van der Waals surface area contributed by atoms with Crippen LogP contribution >= 0.6 is 0 Å². The maximum atomic E-state index is 13.4. The first-order valence-corrected chi connectivity index (χ1v) is 12.0. The van der Waals surface area contributed by atoms with Crippen molar-refractivity contribution in [3.05, 3.63) is 53.2 Å². The highest BCUT2D eigenvalue weighted by Gasteiger charge is 2.42. The lowest BCUT2D eigenvalue weighted by atomic mass is 10.0. The Kier molecular flexibility index (Phi) is 7.46. The molecule has 192 valence electrons. The molecular weight excluding hydrogens is 475 g/mol. The number of amides is 3. The molecule has 0 spiro atoms. The van der Waals surface area contributed by atoms with Crippen LogP contribution in [0.5, 0.6) is 0 Å². The summed E-state index contributed by atoms with van der Waals surface area (Å²) in [6.45, 7) is 2.91. The molecule has 1 unspecified atom stereocenters. The molecule has 2 N–H and O–H groups in total. The number of halogens is 3. The molecule has 1 fully saturated rings. The standard InChI is InChI=1S/C25H28F3N5O3/c1-2-3-4-7-10-29-22(34)16-13-19-21(30-14-16)33-12-11-32(15-20(33)23(35)31-19)24(36)17-8-5-6-9-18(17)25(26,27)28/h5-6,8-9,13-14,20H,2-4,7,10-12,15H2,1H3,(H,29,34)(H,31,35). The molecule has 1 saturated heterocycles. The van der Waals surface area contributed by atoms with Gasteiger partial charge in [-0.05, 0) is 24.6 Å². The van der Waals surface area contributed by atoms with Crippen LogP contribution in [-0.4, -0.2) is 59.8 Å². The molecule has 3 amide bonds. The second kappa shape index (κ2) is 10.5. The van der Waals surface area contributed by atoms with E-state index in [2.05, 4.69) is 22.5 Å². The number of benzene rings is 1. The van der Waals surface area contributed by atoms with Crippen molar-refractivity contribution in [2.75, 3.05) is 36.4 Å². The highest BCUT2D eigenvalue weighted by atomic mass is 19.4. The first-order chi connectivity index (χ1) is 17.2. The summed E-state index contributed by atoms with van der Waals surface area (Å²) < 4.78 is 40.2. The predicted molar refractivity (Wildman–Crippen MR) is 128 cm³/mol. The third kappa shape index (κ3) is 5.29. The summed E-state index contributed by atoms with van der Waals surface area (Å²) in [5.41, 5.74) is -0.745. The summed E-state index contributed by atoms with van der Waals surface area (Å²) in [7, 11) is 0. The van der Waals surface area contributed by atoms with Crippen LogP contribution in [-0.2, 0) is 11.0 Å². The molecule has 2 aliphatic rings. The Morgan fingerprint density at radius 2 is 1.94 bits per heavy atom. The van der Waals surface area contributed by atoms with Gasteiger partial charge < -0.3 is 20.4 Å². The van der Waals surface area contributed by atoms with Crippen molar-refractivity contribution in [2.24, 2.45) is 0 Å². The number of nitrogens with zero attached hydrogens (tertiary/aromatic N) is 3. The number of rotatable bonds is 7. The van der Waals surface area contributed by atoms with Crippen LogP contribution in [0.15, 0.2) is 36.5 Å². The smallest absolute Gasteiger partial charge is 0.352 e. The Balaban J connectivity index is 1.46. The number of hydrogen-bond donors (Lipinski definition) is 2. The maximum absolute atomic E-state index is 13.4. The van der Waals surface area contributed by atoms with Crippen LogP contribution < -0.4 is 15.5 Å². The van der Waals surface area contributed by atoms with E-state index in [1.807, 2.05) is 0 Å². The maximum Gasteiger partial charge on any atom is 0.417 e. The van der Waals surface area contributed by atoms with E-state index < -0.39 is 35.2 Å². The quantitative estimate of drug-likeness (QED) is 0.562. The fourth-order valence-corrected chi connectivity index (χ4v) is 4.51. The molecule has 0 saturated carbocycles. The number of pyridine rings is 1. The Morgan fingerprint density at radius 1 is 1.17 bits per heavy atom. The zero-order chi connectivity index (χ0) is 25.9. The van der Waals surface area contributed by atoms with Crippen molar-refractivity contribution in [1.29, 1.82) is 0 Å². The molecule has 11 heteroatoms. The van der Waals surface area contributed by atoms with Gasteiger partial charge in [0.15, 0.2) is 5.82 Å². The summed E-state index contributed by atoms with van der Waals surface area (Å²) in [6.07, 6.45) is 0.897. The first-order valence-electron chi connectivity index (χ1n) is 12.0. The van der Waals surface area contributed by atoms with Gasteiger partial charge in [0.25, 0.3) is 11.8 Å². The summed E-state index contributed by atoms with van der Waals surface area (Å²) in [6, 6.07) is 5.39. The van der Waals surface area contributed by atoms with Crippen LogP contribution in [0.4, 0.5) is 24.7 Å². The van der Waals surface area contributed by atoms with Gasteiger partial charge in [0.1, 0.15) is 6.04 Å². The van der Waals surface area contributed by atoms with Gasteiger partial charge in [-0.1, -0.05) is 38.3 Å². The Hall–Kier alpha value is -3.63. The van der Waals surface area contributed by atoms with Gasteiger partial charge in [0.2, 0.25) is 5.91 Å². The zero-order valence-electron chi connectivity index (χ0n) is 19.9. The number of anilines is 2. The minimum absolute atomic E-state index is 0.0853. The van der Waals surface area contributed by atoms with Crippen LogP contribution in [0.25, 0.3) is 0 Å². The van der Waals surface area contributed by atoms with E-state index >= 15 is 0 Å². The number of carbonyl (C=O) groups excluding carboxylic acids is 3. The molecule has 0 aliphatic carbocycles. The zero-order valence-corrected chi connectivity index (χ0v) is 19.9. The summed E-state index contributed by atoms with van der Waals surface area (Å²) in [5, 5.41) is 5.58. The third-order valence-electron chi connectivity index (χ3n) is 6.41. The average molecular weight is 504 g/mol. The average Bonchev–Trinajstić information content (AvgIpc) is 2.87. The van der Waals surface area contributed by atoms with Gasteiger partial charge in [0.05, 0.1) is 28.9 Å². The number of fused-ring (bicyclic) bond motifs is 3. The second-order valence-electron chi connectivity index (χ2n) is 8.90. The lowest BCUT2D eigenvalue weighted by molar-refractivity contribution is -0.138. The Labute approximate surface area is 206 Å². The van der Waals surface area contributed by atoms with Gasteiger partial charge in [-0.2, -0.15) is 13.2 Å². The van der Waals surface area contributed by atoms with E-state index in [0.29, 0.717) is 23.6 Å². The normalized spacial score (nSPS) is 17.2. The number of carbonyl (C=O) groups is 3. The van der Waals surface area contributed by atoms with Gasteiger partial charge in [-0.25, -0.2) is 4.98 Å². The van der Waals surface area contributed by atoms with Crippen LogP contribution in [0.3, 0.4) is 0 Å². The lowest BCUT2D eigenvalue weighted by Gasteiger charge is -2.44. The number of piperazine rings is 1. The monoisotopic (exact) mass is 503 g/mol. The van der Waals surface area contributed by atoms with Crippen LogP contribution in [0, 0.1) is 0 Å². The van der Waals surface area contributed by atoms with E-state index in [1.54, 1.807) is 11.0 Å². The minimum Gasteiger partial charge on any atom is -0.352 e. The first kappa shape index (κ1) is 25.5. The van der Waals surface area contributed by atoms with Gasteiger partial charge in [-0.15, -0.1) is 0 Å². The molecule has 36 heavy (non-hydrogen) atoms. The van der Waals surface area contributed by atoms with Crippen molar-refractivity contribution < 1.29 is 27.6 Å². The molecule has 0 radical (unpaired) electrons. The van der Waals surface area contributed by atoms with E-state index in [4.69, 9.17) is 0 Å². The number of nitrogens with one attached hydrogen (secondary N) is 2. The number of unbranched alkanes of at least 4 members (excludes halogenated alkanes) is 3.